The maximum atomic E-state index is 12.0. The van der Waals surface area contributed by atoms with E-state index in [2.05, 4.69) is 26.1 Å². The van der Waals surface area contributed by atoms with Crippen LogP contribution in [0, 0.1) is 0 Å². The smallest absolute Gasteiger partial charge is 0.320 e. The number of nitrogens with zero attached hydrogens (tertiary/aromatic N) is 2. The minimum Gasteiger partial charge on any atom is -0.366 e. The van der Waals surface area contributed by atoms with Gasteiger partial charge in [0.05, 0.1) is 0 Å². The molecule has 6 heteroatoms. The second kappa shape index (κ2) is 8.13. The Bertz CT molecular complexity index is 492. The highest BCUT2D eigenvalue weighted by molar-refractivity contribution is 5.88. The molecule has 126 valence electrons. The second-order valence-electron chi connectivity index (χ2n) is 6.72. The first-order chi connectivity index (χ1) is 11.3. The molecule has 23 heavy (non-hydrogen) atoms. The largest absolute Gasteiger partial charge is 0.366 e. The first-order valence-corrected chi connectivity index (χ1v) is 8.97. The number of rotatable bonds is 4. The van der Waals surface area contributed by atoms with Gasteiger partial charge in [0.1, 0.15) is 5.82 Å². The molecule has 0 saturated heterocycles. The fourth-order valence-electron chi connectivity index (χ4n) is 3.52. The van der Waals surface area contributed by atoms with Crippen LogP contribution in [0.25, 0.3) is 0 Å². The van der Waals surface area contributed by atoms with E-state index in [0.29, 0.717) is 17.9 Å². The maximum Gasteiger partial charge on any atom is 0.320 e. The van der Waals surface area contributed by atoms with E-state index in [-0.39, 0.29) is 6.03 Å². The summed E-state index contributed by atoms with van der Waals surface area (Å²) in [6, 6.07) is 4.31. The van der Waals surface area contributed by atoms with Gasteiger partial charge in [-0.25, -0.2) is 4.79 Å². The highest BCUT2D eigenvalue weighted by Crippen LogP contribution is 2.21. The van der Waals surface area contributed by atoms with Gasteiger partial charge in [-0.05, 0) is 37.8 Å². The number of amides is 2. The van der Waals surface area contributed by atoms with Gasteiger partial charge in [-0.3, -0.25) is 5.32 Å². The molecule has 2 aliphatic rings. The number of urea groups is 1. The highest BCUT2D eigenvalue weighted by atomic mass is 16.2. The van der Waals surface area contributed by atoms with E-state index < -0.39 is 0 Å². The van der Waals surface area contributed by atoms with E-state index in [9.17, 15) is 4.79 Å². The summed E-state index contributed by atoms with van der Waals surface area (Å²) in [5, 5.41) is 17.5. The topological polar surface area (TPSA) is 78.9 Å². The minimum absolute atomic E-state index is 0.181. The highest BCUT2D eigenvalue weighted by Gasteiger charge is 2.16. The van der Waals surface area contributed by atoms with Gasteiger partial charge < -0.3 is 10.6 Å². The summed E-state index contributed by atoms with van der Waals surface area (Å²) >= 11 is 0. The Balaban J connectivity index is 1.45. The van der Waals surface area contributed by atoms with Crippen LogP contribution < -0.4 is 16.0 Å². The molecule has 2 amide bonds. The molecular formula is C17H27N5O. The molecule has 1 aromatic heterocycles. The van der Waals surface area contributed by atoms with Crippen molar-refractivity contribution in [2.24, 2.45) is 0 Å². The number of nitrogens with one attached hydrogen (secondary N) is 3. The lowest BCUT2D eigenvalue weighted by Gasteiger charge is -2.23. The second-order valence-corrected chi connectivity index (χ2v) is 6.72. The zero-order chi connectivity index (χ0) is 15.9. The van der Waals surface area contributed by atoms with Gasteiger partial charge in [-0.15, -0.1) is 10.2 Å². The maximum absolute atomic E-state index is 12.0. The van der Waals surface area contributed by atoms with Crippen molar-refractivity contribution in [1.29, 1.82) is 0 Å². The van der Waals surface area contributed by atoms with Crippen LogP contribution in [0.15, 0.2) is 12.1 Å². The molecule has 0 aromatic carbocycles. The molecule has 0 spiro atoms. The normalized spacial score (nSPS) is 20.0. The third-order valence-corrected chi connectivity index (χ3v) is 4.80. The Morgan fingerprint density at radius 1 is 0.826 bits per heavy atom. The molecule has 0 aliphatic heterocycles. The molecule has 1 aromatic rings. The predicted molar refractivity (Wildman–Crippen MR) is 91.6 cm³/mol. The van der Waals surface area contributed by atoms with Crippen LogP contribution in [0.2, 0.25) is 0 Å². The number of anilines is 2. The lowest BCUT2D eigenvalue weighted by Crippen LogP contribution is -2.39. The SMILES string of the molecule is O=C(Nc1ccc(NC2CCCCC2)nn1)NC1CCCCC1. The van der Waals surface area contributed by atoms with Gasteiger partial charge >= 0.3 is 6.03 Å². The van der Waals surface area contributed by atoms with Crippen LogP contribution in [0.3, 0.4) is 0 Å². The number of carbonyl (C=O) groups excluding carboxylic acids is 1. The molecule has 2 aliphatic carbocycles. The van der Waals surface area contributed by atoms with Gasteiger partial charge in [-0.1, -0.05) is 38.5 Å². The van der Waals surface area contributed by atoms with Crippen molar-refractivity contribution in [2.75, 3.05) is 10.6 Å². The van der Waals surface area contributed by atoms with Crippen molar-refractivity contribution in [3.8, 4) is 0 Å². The quantitative estimate of drug-likeness (QED) is 0.791. The summed E-state index contributed by atoms with van der Waals surface area (Å²) in [5.41, 5.74) is 0. The molecular weight excluding hydrogens is 290 g/mol. The zero-order valence-electron chi connectivity index (χ0n) is 13.7. The summed E-state index contributed by atoms with van der Waals surface area (Å²) in [7, 11) is 0. The van der Waals surface area contributed by atoms with Crippen molar-refractivity contribution in [3.05, 3.63) is 12.1 Å². The van der Waals surface area contributed by atoms with Gasteiger partial charge in [0.2, 0.25) is 0 Å². The van der Waals surface area contributed by atoms with E-state index in [1.807, 2.05) is 6.07 Å². The number of carbonyl (C=O) groups is 1. The molecule has 2 fully saturated rings. The van der Waals surface area contributed by atoms with E-state index >= 15 is 0 Å². The minimum atomic E-state index is -0.181. The fourth-order valence-corrected chi connectivity index (χ4v) is 3.52. The van der Waals surface area contributed by atoms with E-state index in [4.69, 9.17) is 0 Å². The van der Waals surface area contributed by atoms with Crippen molar-refractivity contribution in [1.82, 2.24) is 15.5 Å². The van der Waals surface area contributed by atoms with Gasteiger partial charge in [0, 0.05) is 12.1 Å². The van der Waals surface area contributed by atoms with Gasteiger partial charge in [-0.2, -0.15) is 0 Å². The van der Waals surface area contributed by atoms with E-state index in [1.54, 1.807) is 6.07 Å². The summed E-state index contributed by atoms with van der Waals surface area (Å²) in [6.07, 6.45) is 12.1. The lowest BCUT2D eigenvalue weighted by atomic mass is 9.95. The molecule has 0 radical (unpaired) electrons. The van der Waals surface area contributed by atoms with Crippen LogP contribution >= 0.6 is 0 Å². The molecule has 3 N–H and O–H groups in total. The van der Waals surface area contributed by atoms with Crippen LogP contribution in [0.5, 0.6) is 0 Å². The summed E-state index contributed by atoms with van der Waals surface area (Å²) in [6.45, 7) is 0. The molecule has 2 saturated carbocycles. The number of hydrogen-bond donors (Lipinski definition) is 3. The van der Waals surface area contributed by atoms with Crippen molar-refractivity contribution in [2.45, 2.75) is 76.3 Å². The Kier molecular flexibility index (Phi) is 5.66. The third kappa shape index (κ3) is 5.08. The Labute approximate surface area is 137 Å². The average molecular weight is 317 g/mol. The van der Waals surface area contributed by atoms with Crippen LogP contribution in [0.4, 0.5) is 16.4 Å². The van der Waals surface area contributed by atoms with Gasteiger partial charge in [0.25, 0.3) is 0 Å². The monoisotopic (exact) mass is 317 g/mol. The summed E-state index contributed by atoms with van der Waals surface area (Å²) in [4.78, 5) is 12.0. The van der Waals surface area contributed by atoms with Crippen molar-refractivity contribution >= 4 is 17.7 Å². The first-order valence-electron chi connectivity index (χ1n) is 8.97. The van der Waals surface area contributed by atoms with Crippen molar-refractivity contribution < 1.29 is 4.79 Å². The molecule has 1 heterocycles. The van der Waals surface area contributed by atoms with Crippen LogP contribution in [0.1, 0.15) is 64.2 Å². The standard InChI is InChI=1S/C17H27N5O/c23-17(19-14-9-5-2-6-10-14)20-16-12-11-15(21-22-16)18-13-7-3-1-4-8-13/h11-14H,1-10H2,(H,18,21)(H2,19,20,22,23). The Morgan fingerprint density at radius 2 is 1.39 bits per heavy atom. The van der Waals surface area contributed by atoms with Gasteiger partial charge in [0.15, 0.2) is 5.82 Å². The molecule has 3 rings (SSSR count). The van der Waals surface area contributed by atoms with Crippen LogP contribution in [-0.4, -0.2) is 28.3 Å². The third-order valence-electron chi connectivity index (χ3n) is 4.80. The fraction of sp³-hybridized carbons (Fsp3) is 0.706. The Morgan fingerprint density at radius 3 is 2.00 bits per heavy atom. The van der Waals surface area contributed by atoms with Crippen LogP contribution in [-0.2, 0) is 0 Å². The van der Waals surface area contributed by atoms with Crippen molar-refractivity contribution in [3.63, 3.8) is 0 Å². The number of hydrogen-bond acceptors (Lipinski definition) is 4. The predicted octanol–water partition coefficient (Wildman–Crippen LogP) is 3.68. The summed E-state index contributed by atoms with van der Waals surface area (Å²) in [5.74, 6) is 1.28. The van der Waals surface area contributed by atoms with E-state index in [1.165, 1.54) is 51.4 Å². The molecule has 0 bridgehead atoms. The van der Waals surface area contributed by atoms with E-state index in [0.717, 1.165) is 18.7 Å². The summed E-state index contributed by atoms with van der Waals surface area (Å²) < 4.78 is 0. The Hall–Kier alpha value is -1.85. The first kappa shape index (κ1) is 16.0. The zero-order valence-corrected chi connectivity index (χ0v) is 13.7. The molecule has 0 atom stereocenters. The lowest BCUT2D eigenvalue weighted by molar-refractivity contribution is 0.244. The molecule has 6 nitrogen and oxygen atoms in total. The average Bonchev–Trinajstić information content (AvgIpc) is 2.58. The number of aromatic nitrogens is 2. The molecule has 0 unspecified atom stereocenters.